The van der Waals surface area contributed by atoms with E-state index in [1.54, 1.807) is 12.1 Å². The van der Waals surface area contributed by atoms with Gasteiger partial charge in [0.15, 0.2) is 17.6 Å². The molecule has 26 heavy (non-hydrogen) atoms. The molecule has 0 spiro atoms. The van der Waals surface area contributed by atoms with Gasteiger partial charge in [0.05, 0.1) is 18.8 Å². The standard InChI is InChI=1S/C18H24N2O6/c1-4-10-25-14-7-6-13(11-15(14)24-5-2)17(22)26-12(3)16(21)20-9-8-19-18(20)23/h6-7,11-12H,4-5,8-10H2,1-3H3,(H,19,23). The third-order valence-corrected chi connectivity index (χ3v) is 3.70. The molecule has 1 aromatic carbocycles. The molecule has 2 rings (SSSR count). The van der Waals surface area contributed by atoms with Crippen LogP contribution in [-0.2, 0) is 9.53 Å². The van der Waals surface area contributed by atoms with Crippen molar-refractivity contribution in [2.75, 3.05) is 26.3 Å². The molecule has 1 aliphatic rings. The van der Waals surface area contributed by atoms with Gasteiger partial charge in [-0.1, -0.05) is 6.92 Å². The van der Waals surface area contributed by atoms with Gasteiger partial charge >= 0.3 is 12.0 Å². The number of carbonyl (C=O) groups is 3. The molecule has 3 amide bonds. The summed E-state index contributed by atoms with van der Waals surface area (Å²) < 4.78 is 16.3. The van der Waals surface area contributed by atoms with Crippen LogP contribution < -0.4 is 14.8 Å². The smallest absolute Gasteiger partial charge is 0.339 e. The van der Waals surface area contributed by atoms with Crippen molar-refractivity contribution < 1.29 is 28.6 Å². The number of carbonyl (C=O) groups excluding carboxylic acids is 3. The maximum absolute atomic E-state index is 12.3. The second-order valence-electron chi connectivity index (χ2n) is 5.71. The van der Waals surface area contributed by atoms with E-state index in [0.29, 0.717) is 31.3 Å². The summed E-state index contributed by atoms with van der Waals surface area (Å²) in [6.45, 7) is 6.86. The highest BCUT2D eigenvalue weighted by atomic mass is 16.5. The minimum atomic E-state index is -1.07. The van der Waals surface area contributed by atoms with Crippen LogP contribution in [-0.4, -0.2) is 55.2 Å². The van der Waals surface area contributed by atoms with Gasteiger partial charge in [0.2, 0.25) is 0 Å². The molecule has 0 aromatic heterocycles. The Kier molecular flexibility index (Phi) is 6.82. The number of urea groups is 1. The zero-order valence-electron chi connectivity index (χ0n) is 15.2. The van der Waals surface area contributed by atoms with Crippen LogP contribution in [0.5, 0.6) is 11.5 Å². The Morgan fingerprint density at radius 3 is 2.62 bits per heavy atom. The van der Waals surface area contributed by atoms with E-state index in [0.717, 1.165) is 11.3 Å². The summed E-state index contributed by atoms with van der Waals surface area (Å²) >= 11 is 0. The van der Waals surface area contributed by atoms with E-state index in [2.05, 4.69) is 5.32 Å². The zero-order valence-corrected chi connectivity index (χ0v) is 15.2. The van der Waals surface area contributed by atoms with E-state index in [1.807, 2.05) is 13.8 Å². The number of nitrogens with one attached hydrogen (secondary N) is 1. The number of nitrogens with zero attached hydrogens (tertiary/aromatic N) is 1. The van der Waals surface area contributed by atoms with E-state index in [-0.39, 0.29) is 12.1 Å². The number of imide groups is 1. The third kappa shape index (κ3) is 4.65. The monoisotopic (exact) mass is 364 g/mol. The average Bonchev–Trinajstić information content (AvgIpc) is 3.06. The summed E-state index contributed by atoms with van der Waals surface area (Å²) in [5, 5.41) is 2.53. The SMILES string of the molecule is CCCOc1ccc(C(=O)OC(C)C(=O)N2CCNC2=O)cc1OCC. The number of hydrogen-bond donors (Lipinski definition) is 1. The summed E-state index contributed by atoms with van der Waals surface area (Å²) in [4.78, 5) is 37.1. The number of rotatable bonds is 8. The summed E-state index contributed by atoms with van der Waals surface area (Å²) in [5.74, 6) is -0.244. The largest absolute Gasteiger partial charge is 0.490 e. The number of benzene rings is 1. The van der Waals surface area contributed by atoms with Gasteiger partial charge in [0.1, 0.15) is 0 Å². The van der Waals surface area contributed by atoms with E-state index < -0.39 is 24.0 Å². The van der Waals surface area contributed by atoms with E-state index >= 15 is 0 Å². The number of esters is 1. The Morgan fingerprint density at radius 1 is 1.23 bits per heavy atom. The average molecular weight is 364 g/mol. The fraction of sp³-hybridized carbons (Fsp3) is 0.500. The summed E-state index contributed by atoms with van der Waals surface area (Å²) in [6.07, 6.45) is -0.225. The molecule has 1 fully saturated rings. The lowest BCUT2D eigenvalue weighted by Gasteiger charge is -2.18. The maximum atomic E-state index is 12.3. The maximum Gasteiger partial charge on any atom is 0.339 e. The minimum Gasteiger partial charge on any atom is -0.490 e. The van der Waals surface area contributed by atoms with Crippen LogP contribution in [0.2, 0.25) is 0 Å². The normalized spacial score (nSPS) is 14.6. The highest BCUT2D eigenvalue weighted by molar-refractivity contribution is 5.99. The van der Waals surface area contributed by atoms with E-state index in [1.165, 1.54) is 13.0 Å². The van der Waals surface area contributed by atoms with E-state index in [9.17, 15) is 14.4 Å². The second kappa shape index (κ2) is 9.07. The van der Waals surface area contributed by atoms with Crippen LogP contribution in [0.25, 0.3) is 0 Å². The molecule has 1 saturated heterocycles. The quantitative estimate of drug-likeness (QED) is 0.709. The number of ether oxygens (including phenoxy) is 3. The molecule has 0 radical (unpaired) electrons. The van der Waals surface area contributed by atoms with Gasteiger partial charge in [0.25, 0.3) is 5.91 Å². The van der Waals surface area contributed by atoms with Gasteiger partial charge in [-0.15, -0.1) is 0 Å². The highest BCUT2D eigenvalue weighted by Gasteiger charge is 2.31. The molecular formula is C18H24N2O6. The molecule has 1 unspecified atom stereocenters. The third-order valence-electron chi connectivity index (χ3n) is 3.70. The fourth-order valence-electron chi connectivity index (χ4n) is 2.41. The van der Waals surface area contributed by atoms with E-state index in [4.69, 9.17) is 14.2 Å². The highest BCUT2D eigenvalue weighted by Crippen LogP contribution is 2.29. The first kappa shape index (κ1) is 19.6. The molecule has 1 aliphatic heterocycles. The Hall–Kier alpha value is -2.77. The topological polar surface area (TPSA) is 94.2 Å². The molecule has 1 atom stereocenters. The lowest BCUT2D eigenvalue weighted by atomic mass is 10.2. The molecule has 1 aromatic rings. The summed E-state index contributed by atoms with van der Waals surface area (Å²) in [6, 6.07) is 4.23. The minimum absolute atomic E-state index is 0.239. The first-order valence-corrected chi connectivity index (χ1v) is 8.67. The molecule has 1 heterocycles. The Bertz CT molecular complexity index is 676. The van der Waals surface area contributed by atoms with Crippen LogP contribution in [0.4, 0.5) is 4.79 Å². The second-order valence-corrected chi connectivity index (χ2v) is 5.71. The van der Waals surface area contributed by atoms with Gasteiger partial charge in [-0.25, -0.2) is 9.59 Å². The Morgan fingerprint density at radius 2 is 2.00 bits per heavy atom. The molecule has 0 bridgehead atoms. The van der Waals surface area contributed by atoms with Crippen molar-refractivity contribution in [1.29, 1.82) is 0 Å². The zero-order chi connectivity index (χ0) is 19.1. The lowest BCUT2D eigenvalue weighted by Crippen LogP contribution is -2.41. The summed E-state index contributed by atoms with van der Waals surface area (Å²) in [5.41, 5.74) is 0.239. The molecule has 142 valence electrons. The van der Waals surface area contributed by atoms with Crippen LogP contribution in [0.1, 0.15) is 37.6 Å². The van der Waals surface area contributed by atoms with Crippen LogP contribution in [0.3, 0.4) is 0 Å². The molecule has 1 N–H and O–H groups in total. The van der Waals surface area contributed by atoms with Gasteiger partial charge in [-0.3, -0.25) is 9.69 Å². The van der Waals surface area contributed by atoms with Gasteiger partial charge in [0, 0.05) is 13.1 Å². The van der Waals surface area contributed by atoms with Crippen molar-refractivity contribution in [1.82, 2.24) is 10.2 Å². The van der Waals surface area contributed by atoms with Gasteiger partial charge < -0.3 is 19.5 Å². The first-order valence-electron chi connectivity index (χ1n) is 8.67. The van der Waals surface area contributed by atoms with Crippen molar-refractivity contribution >= 4 is 17.9 Å². The van der Waals surface area contributed by atoms with Crippen LogP contribution in [0.15, 0.2) is 18.2 Å². The molecule has 0 aliphatic carbocycles. The lowest BCUT2D eigenvalue weighted by molar-refractivity contribution is -0.136. The number of hydrogen-bond acceptors (Lipinski definition) is 6. The summed E-state index contributed by atoms with van der Waals surface area (Å²) in [7, 11) is 0. The van der Waals surface area contributed by atoms with Crippen molar-refractivity contribution in [2.45, 2.75) is 33.3 Å². The van der Waals surface area contributed by atoms with Crippen molar-refractivity contribution in [3.63, 3.8) is 0 Å². The molecule has 8 heteroatoms. The molecular weight excluding hydrogens is 340 g/mol. The van der Waals surface area contributed by atoms with Crippen LogP contribution in [0, 0.1) is 0 Å². The van der Waals surface area contributed by atoms with Crippen molar-refractivity contribution in [3.05, 3.63) is 23.8 Å². The molecule has 8 nitrogen and oxygen atoms in total. The molecule has 0 saturated carbocycles. The van der Waals surface area contributed by atoms with Crippen molar-refractivity contribution in [3.8, 4) is 11.5 Å². The Balaban J connectivity index is 2.07. The predicted octanol–water partition coefficient (Wildman–Crippen LogP) is 1.97. The van der Waals surface area contributed by atoms with Crippen molar-refractivity contribution in [2.24, 2.45) is 0 Å². The Labute approximate surface area is 152 Å². The van der Waals surface area contributed by atoms with Crippen LogP contribution >= 0.6 is 0 Å². The van der Waals surface area contributed by atoms with Gasteiger partial charge in [-0.05, 0) is 38.5 Å². The fourth-order valence-corrected chi connectivity index (χ4v) is 2.41. The predicted molar refractivity (Wildman–Crippen MR) is 93.4 cm³/mol. The first-order chi connectivity index (χ1) is 12.5. The van der Waals surface area contributed by atoms with Gasteiger partial charge in [-0.2, -0.15) is 0 Å². The number of amides is 3.